The molecule has 1 N–H and O–H groups in total. The van der Waals surface area contributed by atoms with E-state index in [9.17, 15) is 18.6 Å². The third kappa shape index (κ3) is 2.88. The second-order valence-corrected chi connectivity index (χ2v) is 3.74. The van der Waals surface area contributed by atoms with E-state index in [0.29, 0.717) is 0 Å². The van der Waals surface area contributed by atoms with Crippen LogP contribution in [0.15, 0.2) is 0 Å². The first-order valence-electron chi connectivity index (χ1n) is 4.77. The number of rotatable bonds is 2. The molecule has 0 aromatic heterocycles. The first kappa shape index (κ1) is 12.4. The fourth-order valence-electron chi connectivity index (χ4n) is 1.75. The minimum Gasteiger partial charge on any atom is -0.468 e. The molecule has 1 rings (SSSR count). The van der Waals surface area contributed by atoms with Gasteiger partial charge in [-0.15, -0.1) is 0 Å². The molecule has 4 nitrogen and oxygen atoms in total. The van der Waals surface area contributed by atoms with Crippen LogP contribution >= 0.6 is 0 Å². The van der Waals surface area contributed by atoms with E-state index in [1.807, 2.05) is 0 Å². The monoisotopic (exact) mass is 221 g/mol. The van der Waals surface area contributed by atoms with Crippen molar-refractivity contribution in [2.75, 3.05) is 13.7 Å². The highest BCUT2D eigenvalue weighted by Crippen LogP contribution is 2.30. The van der Waals surface area contributed by atoms with Gasteiger partial charge in [0.25, 0.3) is 5.92 Å². The van der Waals surface area contributed by atoms with Crippen LogP contribution in [-0.2, 0) is 9.53 Å². The zero-order chi connectivity index (χ0) is 11.6. The van der Waals surface area contributed by atoms with Crippen molar-refractivity contribution in [2.45, 2.75) is 31.6 Å². The Balaban J connectivity index is 2.76. The molecule has 1 heterocycles. The third-order valence-electron chi connectivity index (χ3n) is 2.55. The van der Waals surface area contributed by atoms with E-state index in [1.165, 1.54) is 13.9 Å². The number of halogens is 2. The molecule has 0 amide bonds. The standard InChI is InChI=1S/C8H14BF2NO3/c1-9(14)12-5-8(10,11)4-3-6(12)7(13)15-2/h6,14H,3-5H2,1-2H3. The van der Waals surface area contributed by atoms with Crippen LogP contribution in [0, 0.1) is 0 Å². The Morgan fingerprint density at radius 3 is 2.73 bits per heavy atom. The highest BCUT2D eigenvalue weighted by Gasteiger charge is 2.45. The number of nitrogens with zero attached hydrogens (tertiary/aromatic N) is 1. The molecule has 1 fully saturated rings. The topological polar surface area (TPSA) is 49.8 Å². The maximum atomic E-state index is 13.1. The van der Waals surface area contributed by atoms with Crippen molar-refractivity contribution in [1.29, 1.82) is 0 Å². The summed E-state index contributed by atoms with van der Waals surface area (Å²) in [4.78, 5) is 12.3. The lowest BCUT2D eigenvalue weighted by Gasteiger charge is -2.38. The Labute approximate surface area is 87.3 Å². The molecule has 86 valence electrons. The predicted octanol–water partition coefficient (Wildman–Crippen LogP) is 0.369. The molecule has 0 aliphatic carbocycles. The van der Waals surface area contributed by atoms with Crippen molar-refractivity contribution < 1.29 is 23.3 Å². The summed E-state index contributed by atoms with van der Waals surface area (Å²) >= 11 is 0. The molecule has 0 saturated carbocycles. The Kier molecular flexibility index (Phi) is 3.67. The number of ether oxygens (including phenoxy) is 1. The van der Waals surface area contributed by atoms with E-state index < -0.39 is 31.5 Å². The molecule has 7 heteroatoms. The molecule has 0 radical (unpaired) electrons. The van der Waals surface area contributed by atoms with Crippen LogP contribution in [0.5, 0.6) is 0 Å². The lowest BCUT2D eigenvalue weighted by Crippen LogP contribution is -2.57. The van der Waals surface area contributed by atoms with Crippen LogP contribution < -0.4 is 0 Å². The molecule has 0 spiro atoms. The molecule has 1 unspecified atom stereocenters. The molecule has 0 aromatic rings. The van der Waals surface area contributed by atoms with Crippen molar-refractivity contribution in [3.63, 3.8) is 0 Å². The number of carbonyl (C=O) groups is 1. The summed E-state index contributed by atoms with van der Waals surface area (Å²) in [6, 6.07) is -0.769. The second kappa shape index (κ2) is 4.44. The molecule has 15 heavy (non-hydrogen) atoms. The van der Waals surface area contributed by atoms with E-state index in [2.05, 4.69) is 4.74 Å². The zero-order valence-electron chi connectivity index (χ0n) is 8.74. The van der Waals surface area contributed by atoms with Gasteiger partial charge in [0.1, 0.15) is 6.04 Å². The number of hydrogen-bond donors (Lipinski definition) is 1. The quantitative estimate of drug-likeness (QED) is 0.540. The van der Waals surface area contributed by atoms with Gasteiger partial charge >= 0.3 is 13.0 Å². The van der Waals surface area contributed by atoms with Gasteiger partial charge in [0, 0.05) is 6.42 Å². The van der Waals surface area contributed by atoms with Gasteiger partial charge in [-0.05, 0) is 13.2 Å². The highest BCUT2D eigenvalue weighted by molar-refractivity contribution is 6.45. The average molecular weight is 221 g/mol. The molecule has 1 aliphatic rings. The van der Waals surface area contributed by atoms with Crippen LogP contribution in [0.3, 0.4) is 0 Å². The summed E-state index contributed by atoms with van der Waals surface area (Å²) in [5, 5.41) is 9.31. The maximum absolute atomic E-state index is 13.1. The first-order chi connectivity index (χ1) is 6.87. The Morgan fingerprint density at radius 1 is 1.67 bits per heavy atom. The number of alkyl halides is 2. The van der Waals surface area contributed by atoms with Gasteiger partial charge in [-0.25, -0.2) is 8.78 Å². The zero-order valence-corrected chi connectivity index (χ0v) is 8.74. The van der Waals surface area contributed by atoms with Crippen molar-refractivity contribution in [3.05, 3.63) is 0 Å². The molecule has 0 bridgehead atoms. The largest absolute Gasteiger partial charge is 0.468 e. The van der Waals surface area contributed by atoms with Crippen molar-refractivity contribution in [1.82, 2.24) is 4.81 Å². The van der Waals surface area contributed by atoms with Gasteiger partial charge in [-0.2, -0.15) is 0 Å². The maximum Gasteiger partial charge on any atom is 0.377 e. The van der Waals surface area contributed by atoms with Gasteiger partial charge in [-0.3, -0.25) is 9.61 Å². The highest BCUT2D eigenvalue weighted by atomic mass is 19.3. The Morgan fingerprint density at radius 2 is 2.27 bits per heavy atom. The second-order valence-electron chi connectivity index (χ2n) is 3.74. The summed E-state index contributed by atoms with van der Waals surface area (Å²) in [7, 11) is 0.121. The van der Waals surface area contributed by atoms with Gasteiger partial charge in [0.05, 0.1) is 13.7 Å². The smallest absolute Gasteiger partial charge is 0.377 e. The van der Waals surface area contributed by atoms with E-state index >= 15 is 0 Å². The molecular weight excluding hydrogens is 207 g/mol. The molecule has 0 aromatic carbocycles. The summed E-state index contributed by atoms with van der Waals surface area (Å²) < 4.78 is 30.6. The van der Waals surface area contributed by atoms with Crippen molar-refractivity contribution in [2.24, 2.45) is 0 Å². The lowest BCUT2D eigenvalue weighted by molar-refractivity contribution is -0.151. The molecule has 1 saturated heterocycles. The van der Waals surface area contributed by atoms with Crippen LogP contribution in [0.1, 0.15) is 12.8 Å². The minimum absolute atomic E-state index is 0.00454. The summed E-state index contributed by atoms with van der Waals surface area (Å²) in [5.41, 5.74) is 0. The van der Waals surface area contributed by atoms with E-state index in [1.54, 1.807) is 0 Å². The van der Waals surface area contributed by atoms with E-state index in [4.69, 9.17) is 0 Å². The van der Waals surface area contributed by atoms with Gasteiger partial charge in [0.15, 0.2) is 0 Å². The number of hydrogen-bond acceptors (Lipinski definition) is 4. The number of methoxy groups -OCH3 is 1. The van der Waals surface area contributed by atoms with Gasteiger partial charge in [0.2, 0.25) is 0 Å². The summed E-state index contributed by atoms with van der Waals surface area (Å²) in [6.45, 7) is 0.752. The first-order valence-corrected chi connectivity index (χ1v) is 4.77. The number of carbonyl (C=O) groups excluding carboxylic acids is 1. The van der Waals surface area contributed by atoms with Gasteiger partial charge < -0.3 is 9.76 Å². The number of esters is 1. The number of piperidine rings is 1. The van der Waals surface area contributed by atoms with Crippen LogP contribution in [-0.4, -0.2) is 48.5 Å². The minimum atomic E-state index is -2.85. The fraction of sp³-hybridized carbons (Fsp3) is 0.875. The average Bonchev–Trinajstić information content (AvgIpc) is 2.15. The molecule has 1 atom stereocenters. The normalized spacial score (nSPS) is 26.1. The van der Waals surface area contributed by atoms with Crippen LogP contribution in [0.2, 0.25) is 6.82 Å². The molecular formula is C8H14BF2NO3. The van der Waals surface area contributed by atoms with E-state index in [-0.39, 0.29) is 12.8 Å². The van der Waals surface area contributed by atoms with E-state index in [0.717, 1.165) is 4.81 Å². The summed E-state index contributed by atoms with van der Waals surface area (Å²) in [5.74, 6) is -3.42. The van der Waals surface area contributed by atoms with Crippen LogP contribution in [0.25, 0.3) is 0 Å². The molecule has 1 aliphatic heterocycles. The summed E-state index contributed by atoms with van der Waals surface area (Å²) in [6.07, 6.45) is -0.347. The Bertz CT molecular complexity index is 250. The van der Waals surface area contributed by atoms with Crippen LogP contribution in [0.4, 0.5) is 8.78 Å². The Hall–Kier alpha value is -0.685. The SMILES string of the molecule is COC(=O)C1CCC(F)(F)CN1B(C)O. The van der Waals surface area contributed by atoms with Gasteiger partial charge in [-0.1, -0.05) is 0 Å². The van der Waals surface area contributed by atoms with Crippen molar-refractivity contribution in [3.8, 4) is 0 Å². The third-order valence-corrected chi connectivity index (χ3v) is 2.55. The van der Waals surface area contributed by atoms with Crippen molar-refractivity contribution >= 4 is 13.0 Å². The fourth-order valence-corrected chi connectivity index (χ4v) is 1.75. The predicted molar refractivity (Wildman–Crippen MR) is 50.5 cm³/mol. The lowest BCUT2D eigenvalue weighted by atomic mass is 9.79.